The third kappa shape index (κ3) is 49.6. The van der Waals surface area contributed by atoms with Crippen molar-refractivity contribution in [1.82, 2.24) is 5.32 Å². The first kappa shape index (κ1) is 63.7. The average molecular weight is 944 g/mol. The van der Waals surface area contributed by atoms with E-state index in [0.717, 1.165) is 57.8 Å². The zero-order chi connectivity index (χ0) is 48.5. The molecule has 0 radical (unpaired) electrons. The molecule has 0 saturated heterocycles. The number of aliphatic hydroxyl groups excluding tert-OH is 1. The second kappa shape index (κ2) is 47.7. The monoisotopic (exact) mass is 944 g/mol. The summed E-state index contributed by atoms with van der Waals surface area (Å²) in [5.74, 6) is -0.260. The fraction of sp³-hybridized carbons (Fsp3) is 0.737. The maximum atomic E-state index is 12.9. The van der Waals surface area contributed by atoms with E-state index in [0.29, 0.717) is 17.4 Å². The first-order chi connectivity index (χ1) is 32.0. The first-order valence-corrected chi connectivity index (χ1v) is 28.5. The Hall–Kier alpha value is -2.32. The standard InChI is InChI=1S/C57H103N2O6P/c1-6-8-10-12-14-16-18-20-22-24-26-27-28-29-30-31-33-34-36-38-40-42-44-46-48-50-56(60)55(54-65-66(62,63)64-53-52-59(3,4)5)58-57(61)51-49-47-45-43-41-39-37-35-32-25-23-21-19-17-15-13-11-9-7-2/h9,11,15,17,21,23,32,35,39,41,45,47-48,50,55-56,60H,6-8,10,12-14,16,18-20,22,24-31,33-34,36-38,40,42-44,46,49,51-54H2,1-5H3,(H-,58,61,62,63)/p+1/b11-9-,17-15-,23-21-,35-32-,41-39-,47-45-,50-48+. The van der Waals surface area contributed by atoms with Crippen LogP contribution in [0.1, 0.15) is 219 Å². The van der Waals surface area contributed by atoms with Gasteiger partial charge < -0.3 is 19.8 Å². The van der Waals surface area contributed by atoms with E-state index in [-0.39, 0.29) is 25.5 Å². The zero-order valence-electron chi connectivity index (χ0n) is 43.4. The summed E-state index contributed by atoms with van der Waals surface area (Å²) in [5.41, 5.74) is 0. The lowest BCUT2D eigenvalue weighted by molar-refractivity contribution is -0.870. The highest BCUT2D eigenvalue weighted by molar-refractivity contribution is 7.47. The molecule has 3 N–H and O–H groups in total. The molecule has 9 heteroatoms. The van der Waals surface area contributed by atoms with Crippen molar-refractivity contribution in [1.29, 1.82) is 0 Å². The van der Waals surface area contributed by atoms with Crippen molar-refractivity contribution in [3.63, 3.8) is 0 Å². The Bertz CT molecular complexity index is 1350. The number of carbonyl (C=O) groups is 1. The number of nitrogens with zero attached hydrogens (tertiary/aromatic N) is 1. The lowest BCUT2D eigenvalue weighted by Crippen LogP contribution is -2.45. The Labute approximate surface area is 407 Å². The molecule has 0 saturated carbocycles. The van der Waals surface area contributed by atoms with Crippen LogP contribution in [0, 0.1) is 0 Å². The lowest BCUT2D eigenvalue weighted by Gasteiger charge is -2.25. The quantitative estimate of drug-likeness (QED) is 0.0243. The predicted octanol–water partition coefficient (Wildman–Crippen LogP) is 16.1. The number of unbranched alkanes of at least 4 members (excludes halogenated alkanes) is 23. The Kier molecular flexibility index (Phi) is 46.1. The molecule has 1 amide bonds. The molecule has 3 unspecified atom stereocenters. The van der Waals surface area contributed by atoms with Gasteiger partial charge in [0.15, 0.2) is 0 Å². The number of quaternary nitrogens is 1. The average Bonchev–Trinajstić information content (AvgIpc) is 3.28. The van der Waals surface area contributed by atoms with Crippen molar-refractivity contribution >= 4 is 13.7 Å². The second-order valence-electron chi connectivity index (χ2n) is 19.2. The van der Waals surface area contributed by atoms with E-state index in [4.69, 9.17) is 9.05 Å². The van der Waals surface area contributed by atoms with Crippen molar-refractivity contribution in [2.45, 2.75) is 231 Å². The zero-order valence-corrected chi connectivity index (χ0v) is 44.3. The van der Waals surface area contributed by atoms with Crippen molar-refractivity contribution in [3.8, 4) is 0 Å². The number of amides is 1. The fourth-order valence-electron chi connectivity index (χ4n) is 7.42. The molecule has 0 rings (SSSR count). The van der Waals surface area contributed by atoms with Crippen LogP contribution in [0.3, 0.4) is 0 Å². The number of nitrogens with one attached hydrogen (secondary N) is 1. The van der Waals surface area contributed by atoms with Crippen LogP contribution in [0.2, 0.25) is 0 Å². The number of hydrogen-bond acceptors (Lipinski definition) is 5. The summed E-state index contributed by atoms with van der Waals surface area (Å²) in [6.45, 7) is 4.65. The molecule has 0 aromatic carbocycles. The van der Waals surface area contributed by atoms with Gasteiger partial charge >= 0.3 is 7.82 Å². The number of phosphoric ester groups is 1. The molecule has 0 aliphatic rings. The molecule has 0 bridgehead atoms. The summed E-state index contributed by atoms with van der Waals surface area (Å²) in [5, 5.41) is 13.8. The van der Waals surface area contributed by atoms with E-state index in [9.17, 15) is 19.4 Å². The maximum Gasteiger partial charge on any atom is 0.472 e. The first-order valence-electron chi connectivity index (χ1n) is 27.0. The van der Waals surface area contributed by atoms with Gasteiger partial charge in [-0.2, -0.15) is 0 Å². The Balaban J connectivity index is 4.37. The molecule has 0 aliphatic carbocycles. The van der Waals surface area contributed by atoms with E-state index in [1.165, 1.54) is 135 Å². The second-order valence-corrected chi connectivity index (χ2v) is 20.7. The molecule has 66 heavy (non-hydrogen) atoms. The van der Waals surface area contributed by atoms with E-state index in [1.807, 2.05) is 39.4 Å². The van der Waals surface area contributed by atoms with Gasteiger partial charge in [0.25, 0.3) is 0 Å². The van der Waals surface area contributed by atoms with E-state index < -0.39 is 20.0 Å². The summed E-state index contributed by atoms with van der Waals surface area (Å²) < 4.78 is 23.6. The van der Waals surface area contributed by atoms with E-state index in [2.05, 4.69) is 79.9 Å². The van der Waals surface area contributed by atoms with Crippen molar-refractivity contribution in [2.75, 3.05) is 40.9 Å². The van der Waals surface area contributed by atoms with Crippen LogP contribution in [0.25, 0.3) is 0 Å². The molecule has 8 nitrogen and oxygen atoms in total. The number of hydrogen-bond donors (Lipinski definition) is 3. The minimum absolute atomic E-state index is 0.0439. The molecular formula is C57H104N2O6P+. The normalized spacial score (nSPS) is 14.7. The van der Waals surface area contributed by atoms with E-state index in [1.54, 1.807) is 6.08 Å². The van der Waals surface area contributed by atoms with Crippen LogP contribution >= 0.6 is 7.82 Å². The smallest absolute Gasteiger partial charge is 0.387 e. The largest absolute Gasteiger partial charge is 0.472 e. The molecule has 0 aromatic heterocycles. The SMILES string of the molecule is CC/C=C\C/C=C\C/C=C\C/C=C\C/C=C\C/C=C\CCC(=O)NC(COP(=O)(O)OCC[N+](C)(C)C)C(O)/C=C/CCCCCCCCCCCCCCCCCCCCCCCCC. The molecule has 0 aromatic rings. The molecule has 0 spiro atoms. The summed E-state index contributed by atoms with van der Waals surface area (Å²) >= 11 is 0. The van der Waals surface area contributed by atoms with Crippen molar-refractivity contribution < 1.29 is 32.9 Å². The number of likely N-dealkylation sites (N-methyl/N-ethyl adjacent to an activating group) is 1. The van der Waals surface area contributed by atoms with Gasteiger partial charge in [0.1, 0.15) is 13.2 Å². The van der Waals surface area contributed by atoms with E-state index >= 15 is 0 Å². The number of rotatable bonds is 48. The molecule has 0 fully saturated rings. The highest BCUT2D eigenvalue weighted by Gasteiger charge is 2.27. The maximum absolute atomic E-state index is 12.9. The third-order valence-electron chi connectivity index (χ3n) is 11.6. The van der Waals surface area contributed by atoms with Gasteiger partial charge in [-0.15, -0.1) is 0 Å². The van der Waals surface area contributed by atoms with Crippen LogP contribution in [0.4, 0.5) is 0 Å². The number of aliphatic hydroxyl groups is 1. The Morgan fingerprint density at radius 3 is 1.30 bits per heavy atom. The van der Waals surface area contributed by atoms with Gasteiger partial charge in [0.2, 0.25) is 5.91 Å². The minimum Gasteiger partial charge on any atom is -0.387 e. The molecule has 0 heterocycles. The van der Waals surface area contributed by atoms with Crippen LogP contribution in [-0.4, -0.2) is 73.4 Å². The van der Waals surface area contributed by atoms with Gasteiger partial charge in [-0.05, 0) is 57.8 Å². The van der Waals surface area contributed by atoms with Gasteiger partial charge in [0, 0.05) is 6.42 Å². The van der Waals surface area contributed by atoms with Gasteiger partial charge in [0.05, 0.1) is 39.9 Å². The van der Waals surface area contributed by atoms with Crippen LogP contribution in [0.5, 0.6) is 0 Å². The summed E-state index contributed by atoms with van der Waals surface area (Å²) in [6, 6.07) is -0.893. The fourth-order valence-corrected chi connectivity index (χ4v) is 8.15. The van der Waals surface area contributed by atoms with Crippen LogP contribution < -0.4 is 5.32 Å². The van der Waals surface area contributed by atoms with Crippen LogP contribution in [0.15, 0.2) is 85.1 Å². The number of allylic oxidation sites excluding steroid dienone is 13. The Morgan fingerprint density at radius 1 is 0.530 bits per heavy atom. The predicted molar refractivity (Wildman–Crippen MR) is 286 cm³/mol. The minimum atomic E-state index is -4.37. The van der Waals surface area contributed by atoms with Crippen molar-refractivity contribution in [2.24, 2.45) is 0 Å². The van der Waals surface area contributed by atoms with Crippen molar-refractivity contribution in [3.05, 3.63) is 85.1 Å². The summed E-state index contributed by atoms with van der Waals surface area (Å²) in [6.07, 6.45) is 67.0. The highest BCUT2D eigenvalue weighted by Crippen LogP contribution is 2.43. The Morgan fingerprint density at radius 2 is 0.909 bits per heavy atom. The summed E-state index contributed by atoms with van der Waals surface area (Å²) in [7, 11) is 1.52. The topological polar surface area (TPSA) is 105 Å². The van der Waals surface area contributed by atoms with Gasteiger partial charge in [-0.1, -0.05) is 240 Å². The number of phosphoric acid groups is 1. The molecule has 382 valence electrons. The third-order valence-corrected chi connectivity index (χ3v) is 12.6. The van der Waals surface area contributed by atoms with Gasteiger partial charge in [-0.3, -0.25) is 13.8 Å². The molecule has 3 atom stereocenters. The molecule has 0 aliphatic heterocycles. The number of carbonyl (C=O) groups excluding carboxylic acids is 1. The molecular weight excluding hydrogens is 840 g/mol. The van der Waals surface area contributed by atoms with Gasteiger partial charge in [-0.25, -0.2) is 4.57 Å². The lowest BCUT2D eigenvalue weighted by atomic mass is 10.0. The van der Waals surface area contributed by atoms with Crippen LogP contribution in [-0.2, 0) is 18.4 Å². The highest BCUT2D eigenvalue weighted by atomic mass is 31.2. The summed E-state index contributed by atoms with van der Waals surface area (Å²) in [4.78, 5) is 23.2.